The normalized spacial score (nSPS) is 15.9. The van der Waals surface area contributed by atoms with Crippen LogP contribution in [0.5, 0.6) is 11.5 Å². The fraction of sp³-hybridized carbons (Fsp3) is 0.464. The SMILES string of the molecule is Cc1ccc(OCC2(O)CCN(Cc3ccc(OCCCn4cc(C)cn4)cc3)CC2)c(C)c1. The molecular formula is C28H37N3O3. The number of benzene rings is 2. The molecule has 0 bridgehead atoms. The smallest absolute Gasteiger partial charge is 0.122 e. The first-order valence-corrected chi connectivity index (χ1v) is 12.2. The number of hydrogen-bond acceptors (Lipinski definition) is 5. The van der Waals surface area contributed by atoms with Gasteiger partial charge < -0.3 is 14.6 Å². The van der Waals surface area contributed by atoms with Crippen LogP contribution in [0.3, 0.4) is 0 Å². The Balaban J connectivity index is 1.17. The van der Waals surface area contributed by atoms with Crippen molar-refractivity contribution in [2.24, 2.45) is 0 Å². The Hall–Kier alpha value is -2.83. The molecule has 0 atom stereocenters. The van der Waals surface area contributed by atoms with Crippen molar-refractivity contribution >= 4 is 0 Å². The van der Waals surface area contributed by atoms with Gasteiger partial charge in [0.25, 0.3) is 0 Å². The molecular weight excluding hydrogens is 426 g/mol. The van der Waals surface area contributed by atoms with Crippen LogP contribution in [0.25, 0.3) is 0 Å². The standard InChI is InChI=1S/C28H37N3O3/c1-22-5-10-27(24(3)17-22)34-21-28(32)11-14-30(15-12-28)20-25-6-8-26(9-7-25)33-16-4-13-31-19-23(2)18-29-31/h5-10,17-19,32H,4,11-16,20-21H2,1-3H3. The van der Waals surface area contributed by atoms with E-state index in [9.17, 15) is 5.11 Å². The molecule has 2 aromatic carbocycles. The van der Waals surface area contributed by atoms with Gasteiger partial charge in [0.1, 0.15) is 23.7 Å². The van der Waals surface area contributed by atoms with Gasteiger partial charge in [-0.15, -0.1) is 0 Å². The number of rotatable bonds is 10. The molecule has 1 aromatic heterocycles. The average molecular weight is 464 g/mol. The summed E-state index contributed by atoms with van der Waals surface area (Å²) >= 11 is 0. The van der Waals surface area contributed by atoms with Crippen LogP contribution in [-0.4, -0.2) is 51.7 Å². The fourth-order valence-electron chi connectivity index (χ4n) is 4.40. The van der Waals surface area contributed by atoms with Crippen molar-refractivity contribution in [3.05, 3.63) is 77.1 Å². The van der Waals surface area contributed by atoms with E-state index in [1.54, 1.807) is 0 Å². The Morgan fingerprint density at radius 3 is 2.41 bits per heavy atom. The van der Waals surface area contributed by atoms with Crippen molar-refractivity contribution in [2.45, 2.75) is 58.7 Å². The van der Waals surface area contributed by atoms with Gasteiger partial charge in [-0.05, 0) is 68.5 Å². The second kappa shape index (κ2) is 11.1. The van der Waals surface area contributed by atoms with Gasteiger partial charge in [-0.1, -0.05) is 29.8 Å². The molecule has 0 saturated carbocycles. The molecule has 6 heteroatoms. The Kier molecular flexibility index (Phi) is 7.91. The number of aliphatic hydroxyl groups is 1. The van der Waals surface area contributed by atoms with E-state index < -0.39 is 5.60 Å². The van der Waals surface area contributed by atoms with Gasteiger partial charge in [-0.3, -0.25) is 9.58 Å². The monoisotopic (exact) mass is 463 g/mol. The van der Waals surface area contributed by atoms with E-state index in [0.717, 1.165) is 62.5 Å². The van der Waals surface area contributed by atoms with Crippen LogP contribution < -0.4 is 9.47 Å². The third-order valence-electron chi connectivity index (χ3n) is 6.51. The van der Waals surface area contributed by atoms with Crippen molar-refractivity contribution in [1.29, 1.82) is 0 Å². The van der Waals surface area contributed by atoms with Gasteiger partial charge in [-0.25, -0.2) is 0 Å². The average Bonchev–Trinajstić information content (AvgIpc) is 3.24. The largest absolute Gasteiger partial charge is 0.494 e. The first-order chi connectivity index (χ1) is 16.4. The van der Waals surface area contributed by atoms with Crippen LogP contribution in [0.15, 0.2) is 54.9 Å². The Bertz CT molecular complexity index is 1050. The third kappa shape index (κ3) is 6.84. The maximum atomic E-state index is 11.0. The lowest BCUT2D eigenvalue weighted by molar-refractivity contribution is -0.0538. The van der Waals surface area contributed by atoms with E-state index in [0.29, 0.717) is 13.2 Å². The molecule has 6 nitrogen and oxygen atoms in total. The number of aryl methyl sites for hydroxylation is 4. The predicted molar refractivity (Wildman–Crippen MR) is 134 cm³/mol. The third-order valence-corrected chi connectivity index (χ3v) is 6.51. The number of nitrogens with zero attached hydrogens (tertiary/aromatic N) is 3. The van der Waals surface area contributed by atoms with E-state index in [4.69, 9.17) is 9.47 Å². The number of piperidine rings is 1. The number of hydrogen-bond donors (Lipinski definition) is 1. The molecule has 0 aliphatic carbocycles. The molecule has 1 fully saturated rings. The minimum Gasteiger partial charge on any atom is -0.494 e. The van der Waals surface area contributed by atoms with E-state index in [1.807, 2.05) is 55.2 Å². The fourth-order valence-corrected chi connectivity index (χ4v) is 4.40. The zero-order chi connectivity index (χ0) is 24.0. The van der Waals surface area contributed by atoms with Gasteiger partial charge in [0, 0.05) is 38.8 Å². The second-order valence-electron chi connectivity index (χ2n) is 9.68. The van der Waals surface area contributed by atoms with Crippen LogP contribution >= 0.6 is 0 Å². The molecule has 0 radical (unpaired) electrons. The highest BCUT2D eigenvalue weighted by Gasteiger charge is 2.33. The highest BCUT2D eigenvalue weighted by atomic mass is 16.5. The highest BCUT2D eigenvalue weighted by molar-refractivity contribution is 5.35. The lowest BCUT2D eigenvalue weighted by Crippen LogP contribution is -2.47. The van der Waals surface area contributed by atoms with Crippen molar-refractivity contribution in [1.82, 2.24) is 14.7 Å². The summed E-state index contributed by atoms with van der Waals surface area (Å²) in [6.07, 6.45) is 6.28. The molecule has 1 saturated heterocycles. The lowest BCUT2D eigenvalue weighted by Gasteiger charge is -2.38. The summed E-state index contributed by atoms with van der Waals surface area (Å²) in [5.74, 6) is 1.76. The molecule has 0 unspecified atom stereocenters. The van der Waals surface area contributed by atoms with Crippen molar-refractivity contribution in [3.63, 3.8) is 0 Å². The molecule has 4 rings (SSSR count). The van der Waals surface area contributed by atoms with Crippen molar-refractivity contribution in [2.75, 3.05) is 26.3 Å². The molecule has 1 aliphatic rings. The number of ether oxygens (including phenoxy) is 2. The lowest BCUT2D eigenvalue weighted by atomic mass is 9.92. The highest BCUT2D eigenvalue weighted by Crippen LogP contribution is 2.27. The maximum absolute atomic E-state index is 11.0. The molecule has 1 N–H and O–H groups in total. The Morgan fingerprint density at radius 2 is 1.74 bits per heavy atom. The minimum absolute atomic E-state index is 0.344. The van der Waals surface area contributed by atoms with Crippen LogP contribution in [0.2, 0.25) is 0 Å². The Morgan fingerprint density at radius 1 is 0.971 bits per heavy atom. The number of likely N-dealkylation sites (tertiary alicyclic amines) is 1. The molecule has 182 valence electrons. The summed E-state index contributed by atoms with van der Waals surface area (Å²) in [4.78, 5) is 2.40. The van der Waals surface area contributed by atoms with Crippen molar-refractivity contribution < 1.29 is 14.6 Å². The second-order valence-corrected chi connectivity index (χ2v) is 9.68. The molecule has 0 spiro atoms. The summed E-state index contributed by atoms with van der Waals surface area (Å²) in [5, 5.41) is 15.3. The van der Waals surface area contributed by atoms with Gasteiger partial charge >= 0.3 is 0 Å². The Labute approximate surface area is 203 Å². The van der Waals surface area contributed by atoms with Gasteiger partial charge in [0.15, 0.2) is 0 Å². The van der Waals surface area contributed by atoms with E-state index >= 15 is 0 Å². The van der Waals surface area contributed by atoms with Crippen LogP contribution in [0.4, 0.5) is 0 Å². The van der Waals surface area contributed by atoms with Gasteiger partial charge in [0.05, 0.1) is 12.8 Å². The van der Waals surface area contributed by atoms with E-state index in [1.165, 1.54) is 16.7 Å². The minimum atomic E-state index is -0.764. The van der Waals surface area contributed by atoms with Crippen LogP contribution in [0.1, 0.15) is 41.5 Å². The van der Waals surface area contributed by atoms with Crippen molar-refractivity contribution in [3.8, 4) is 11.5 Å². The molecule has 34 heavy (non-hydrogen) atoms. The summed E-state index contributed by atoms with van der Waals surface area (Å²) in [7, 11) is 0. The van der Waals surface area contributed by atoms with E-state index in [2.05, 4.69) is 35.1 Å². The molecule has 1 aliphatic heterocycles. The van der Waals surface area contributed by atoms with Gasteiger partial charge in [0.2, 0.25) is 0 Å². The summed E-state index contributed by atoms with van der Waals surface area (Å²) in [5.41, 5.74) is 4.01. The first-order valence-electron chi connectivity index (χ1n) is 12.2. The predicted octanol–water partition coefficient (Wildman–Crippen LogP) is 4.68. The molecule has 0 amide bonds. The zero-order valence-corrected chi connectivity index (χ0v) is 20.7. The molecule has 2 heterocycles. The molecule has 3 aromatic rings. The summed E-state index contributed by atoms with van der Waals surface area (Å²) < 4.78 is 13.8. The number of aromatic nitrogens is 2. The summed E-state index contributed by atoms with van der Waals surface area (Å²) in [6, 6.07) is 14.5. The van der Waals surface area contributed by atoms with Crippen LogP contribution in [0, 0.1) is 20.8 Å². The maximum Gasteiger partial charge on any atom is 0.122 e. The zero-order valence-electron chi connectivity index (χ0n) is 20.7. The quantitative estimate of drug-likeness (QED) is 0.442. The topological polar surface area (TPSA) is 59.8 Å². The first kappa shape index (κ1) is 24.3. The summed E-state index contributed by atoms with van der Waals surface area (Å²) in [6.45, 7) is 10.7. The van der Waals surface area contributed by atoms with Gasteiger partial charge in [-0.2, -0.15) is 5.10 Å². The van der Waals surface area contributed by atoms with Crippen LogP contribution in [-0.2, 0) is 13.1 Å². The van der Waals surface area contributed by atoms with E-state index in [-0.39, 0.29) is 0 Å².